The molecule has 0 aliphatic rings. The molecule has 0 aliphatic heterocycles. The highest BCUT2D eigenvalue weighted by Gasteiger charge is 2.21. The van der Waals surface area contributed by atoms with Crippen LogP contribution in [0.2, 0.25) is 0 Å². The number of hydrogen-bond acceptors (Lipinski definition) is 3. The van der Waals surface area contributed by atoms with E-state index in [1.54, 1.807) is 24.5 Å². The third-order valence-electron chi connectivity index (χ3n) is 2.77. The van der Waals surface area contributed by atoms with Crippen molar-refractivity contribution in [3.63, 3.8) is 0 Å². The van der Waals surface area contributed by atoms with Gasteiger partial charge in [-0.25, -0.2) is 4.79 Å². The van der Waals surface area contributed by atoms with Crippen molar-refractivity contribution in [2.45, 2.75) is 19.4 Å². The van der Waals surface area contributed by atoms with Crippen molar-refractivity contribution < 1.29 is 19.1 Å². The van der Waals surface area contributed by atoms with Crippen LogP contribution < -0.4 is 5.32 Å². The van der Waals surface area contributed by atoms with Gasteiger partial charge in [0.15, 0.2) is 0 Å². The first-order valence-electron chi connectivity index (χ1n) is 5.63. The Labute approximate surface area is 117 Å². The fourth-order valence-electron chi connectivity index (χ4n) is 1.93. The van der Waals surface area contributed by atoms with Crippen LogP contribution in [0.1, 0.15) is 12.5 Å². The number of carboxylic acid groups (broad SMARTS) is 1. The third-order valence-corrected chi connectivity index (χ3v) is 3.52. The smallest absolute Gasteiger partial charge is 0.326 e. The number of carbonyl (C=O) groups is 2. The number of carbonyl (C=O) groups excluding carboxylic acids is 1. The molecule has 0 aliphatic carbocycles. The highest BCUT2D eigenvalue weighted by atomic mass is 79.9. The first kappa shape index (κ1) is 13.6. The molecule has 1 atom stereocenters. The maximum absolute atomic E-state index is 11.2. The standard InChI is InChI=1S/C13H12BrNO4/c1-7(16)15-11(13(17)18)6-9-8-4-5-19-12(8)3-2-10(9)14/h2-5,11H,6H2,1H3,(H,15,16)(H,17,18). The molecule has 1 heterocycles. The lowest BCUT2D eigenvalue weighted by atomic mass is 10.0. The molecule has 0 fully saturated rings. The Kier molecular flexibility index (Phi) is 3.90. The van der Waals surface area contributed by atoms with E-state index in [2.05, 4.69) is 21.2 Å². The number of carboxylic acids is 1. The second kappa shape index (κ2) is 5.44. The molecule has 100 valence electrons. The average molecular weight is 326 g/mol. The maximum atomic E-state index is 11.2. The minimum Gasteiger partial charge on any atom is -0.480 e. The zero-order valence-electron chi connectivity index (χ0n) is 10.1. The van der Waals surface area contributed by atoms with E-state index in [4.69, 9.17) is 9.52 Å². The van der Waals surface area contributed by atoms with E-state index < -0.39 is 12.0 Å². The zero-order valence-corrected chi connectivity index (χ0v) is 11.7. The van der Waals surface area contributed by atoms with E-state index in [0.717, 1.165) is 15.4 Å². The molecule has 1 amide bonds. The summed E-state index contributed by atoms with van der Waals surface area (Å²) in [5.41, 5.74) is 1.48. The van der Waals surface area contributed by atoms with Crippen molar-refractivity contribution >= 4 is 38.8 Å². The number of fused-ring (bicyclic) bond motifs is 1. The third kappa shape index (κ3) is 2.96. The SMILES string of the molecule is CC(=O)NC(Cc1c(Br)ccc2occc12)C(=O)O. The van der Waals surface area contributed by atoms with Gasteiger partial charge in [0.25, 0.3) is 0 Å². The first-order valence-corrected chi connectivity index (χ1v) is 6.43. The molecule has 0 saturated heterocycles. The van der Waals surface area contributed by atoms with E-state index >= 15 is 0 Å². The molecule has 19 heavy (non-hydrogen) atoms. The van der Waals surface area contributed by atoms with Crippen LogP contribution in [0.3, 0.4) is 0 Å². The molecule has 5 nitrogen and oxygen atoms in total. The van der Waals surface area contributed by atoms with Crippen LogP contribution in [-0.4, -0.2) is 23.0 Å². The number of furan rings is 1. The van der Waals surface area contributed by atoms with Crippen molar-refractivity contribution in [3.05, 3.63) is 34.5 Å². The van der Waals surface area contributed by atoms with Crippen LogP contribution in [0, 0.1) is 0 Å². The quantitative estimate of drug-likeness (QED) is 0.904. The maximum Gasteiger partial charge on any atom is 0.326 e. The van der Waals surface area contributed by atoms with Crippen LogP contribution in [0.25, 0.3) is 11.0 Å². The lowest BCUT2D eigenvalue weighted by Crippen LogP contribution is -2.41. The summed E-state index contributed by atoms with van der Waals surface area (Å²) in [6, 6.07) is 4.42. The van der Waals surface area contributed by atoms with E-state index in [-0.39, 0.29) is 12.3 Å². The lowest BCUT2D eigenvalue weighted by Gasteiger charge is -2.14. The van der Waals surface area contributed by atoms with Gasteiger partial charge in [-0.15, -0.1) is 0 Å². The predicted molar refractivity (Wildman–Crippen MR) is 72.9 cm³/mol. The summed E-state index contributed by atoms with van der Waals surface area (Å²) in [6.45, 7) is 1.30. The Bertz CT molecular complexity index is 635. The van der Waals surface area contributed by atoms with E-state index in [0.29, 0.717) is 5.58 Å². The Morgan fingerprint density at radius 1 is 1.42 bits per heavy atom. The first-order chi connectivity index (χ1) is 8.99. The van der Waals surface area contributed by atoms with Gasteiger partial charge < -0.3 is 14.8 Å². The van der Waals surface area contributed by atoms with Crippen LogP contribution in [0.5, 0.6) is 0 Å². The van der Waals surface area contributed by atoms with Gasteiger partial charge in [0.2, 0.25) is 5.91 Å². The average Bonchev–Trinajstić information content (AvgIpc) is 2.79. The van der Waals surface area contributed by atoms with Gasteiger partial charge in [0, 0.05) is 23.2 Å². The normalized spacial score (nSPS) is 12.3. The van der Waals surface area contributed by atoms with Crippen LogP contribution in [-0.2, 0) is 16.0 Å². The van der Waals surface area contributed by atoms with Gasteiger partial charge in [-0.05, 0) is 23.8 Å². The van der Waals surface area contributed by atoms with Crippen molar-refractivity contribution in [2.75, 3.05) is 0 Å². The molecule has 1 aromatic heterocycles. The Hall–Kier alpha value is -1.82. The summed E-state index contributed by atoms with van der Waals surface area (Å²) in [5, 5.41) is 12.4. The van der Waals surface area contributed by atoms with Crippen molar-refractivity contribution in [1.29, 1.82) is 0 Å². The molecule has 2 aromatic rings. The minimum atomic E-state index is -1.07. The molecule has 0 saturated carbocycles. The topological polar surface area (TPSA) is 79.5 Å². The highest BCUT2D eigenvalue weighted by molar-refractivity contribution is 9.10. The Morgan fingerprint density at radius 2 is 2.16 bits per heavy atom. The van der Waals surface area contributed by atoms with Crippen LogP contribution in [0.15, 0.2) is 33.4 Å². The summed E-state index contributed by atoms with van der Waals surface area (Å²) in [5.74, 6) is -1.44. The number of benzene rings is 1. The molecular formula is C13H12BrNO4. The summed E-state index contributed by atoms with van der Waals surface area (Å²) in [6.07, 6.45) is 1.74. The molecule has 1 aromatic carbocycles. The van der Waals surface area contributed by atoms with Crippen molar-refractivity contribution in [1.82, 2.24) is 5.32 Å². The van der Waals surface area contributed by atoms with Crippen LogP contribution in [0.4, 0.5) is 0 Å². The van der Waals surface area contributed by atoms with E-state index in [9.17, 15) is 9.59 Å². The number of nitrogens with one attached hydrogen (secondary N) is 1. The van der Waals surface area contributed by atoms with Crippen molar-refractivity contribution in [2.24, 2.45) is 0 Å². The molecule has 0 spiro atoms. The molecule has 1 unspecified atom stereocenters. The monoisotopic (exact) mass is 325 g/mol. The van der Waals surface area contributed by atoms with Gasteiger partial charge in [0.05, 0.1) is 6.26 Å². The summed E-state index contributed by atoms with van der Waals surface area (Å²) in [4.78, 5) is 22.2. The fourth-order valence-corrected chi connectivity index (χ4v) is 2.44. The molecule has 2 N–H and O–H groups in total. The number of hydrogen-bond donors (Lipinski definition) is 2. The number of rotatable bonds is 4. The van der Waals surface area contributed by atoms with E-state index in [1.165, 1.54) is 6.92 Å². The summed E-state index contributed by atoms with van der Waals surface area (Å²) < 4.78 is 6.07. The highest BCUT2D eigenvalue weighted by Crippen LogP contribution is 2.28. The molecule has 6 heteroatoms. The zero-order chi connectivity index (χ0) is 14.0. The summed E-state index contributed by atoms with van der Waals surface area (Å²) >= 11 is 3.40. The van der Waals surface area contributed by atoms with Gasteiger partial charge in [-0.1, -0.05) is 15.9 Å². The van der Waals surface area contributed by atoms with Crippen molar-refractivity contribution in [3.8, 4) is 0 Å². The van der Waals surface area contributed by atoms with Gasteiger partial charge >= 0.3 is 5.97 Å². The van der Waals surface area contributed by atoms with Gasteiger partial charge in [0.1, 0.15) is 11.6 Å². The second-order valence-electron chi connectivity index (χ2n) is 4.15. The molecule has 2 rings (SSSR count). The number of amides is 1. The van der Waals surface area contributed by atoms with E-state index in [1.807, 2.05) is 0 Å². The lowest BCUT2D eigenvalue weighted by molar-refractivity contribution is -0.141. The van der Waals surface area contributed by atoms with Gasteiger partial charge in [-0.2, -0.15) is 0 Å². The predicted octanol–water partition coefficient (Wildman–Crippen LogP) is 2.33. The summed E-state index contributed by atoms with van der Waals surface area (Å²) in [7, 11) is 0. The molecule has 0 bridgehead atoms. The largest absolute Gasteiger partial charge is 0.480 e. The molecular weight excluding hydrogens is 314 g/mol. The fraction of sp³-hybridized carbons (Fsp3) is 0.231. The van der Waals surface area contributed by atoms with Crippen LogP contribution >= 0.6 is 15.9 Å². The Balaban J connectivity index is 2.37. The van der Waals surface area contributed by atoms with Gasteiger partial charge in [-0.3, -0.25) is 4.79 Å². The Morgan fingerprint density at radius 3 is 2.79 bits per heavy atom. The molecule has 0 radical (unpaired) electrons. The minimum absolute atomic E-state index is 0.187. The number of aliphatic carboxylic acids is 1. The second-order valence-corrected chi connectivity index (χ2v) is 5.01. The number of halogens is 1.